The molecule has 1 aliphatic rings. The SMILES string of the molecule is CC(C)C(CC(=O)NC1CCNCC1)c1ccccc1.Cl. The minimum atomic E-state index is 0. The Balaban J connectivity index is 0.00000220. The second-order valence-electron chi connectivity index (χ2n) is 6.06. The maximum absolute atomic E-state index is 12.3. The van der Waals surface area contributed by atoms with Crippen LogP contribution in [0.4, 0.5) is 0 Å². The van der Waals surface area contributed by atoms with Crippen LogP contribution < -0.4 is 10.6 Å². The van der Waals surface area contributed by atoms with Gasteiger partial charge in [-0.05, 0) is 43.3 Å². The number of amides is 1. The lowest BCUT2D eigenvalue weighted by Gasteiger charge is -2.26. The quantitative estimate of drug-likeness (QED) is 0.877. The van der Waals surface area contributed by atoms with Gasteiger partial charge >= 0.3 is 0 Å². The van der Waals surface area contributed by atoms with E-state index in [2.05, 4.69) is 48.7 Å². The predicted octanol–water partition coefficient (Wildman–Crippen LogP) is 3.11. The van der Waals surface area contributed by atoms with E-state index in [1.54, 1.807) is 0 Å². The molecular formula is C17H27ClN2O. The smallest absolute Gasteiger partial charge is 0.220 e. The highest BCUT2D eigenvalue weighted by molar-refractivity contribution is 5.85. The zero-order chi connectivity index (χ0) is 14.4. The summed E-state index contributed by atoms with van der Waals surface area (Å²) in [5.74, 6) is 0.966. The number of nitrogens with one attached hydrogen (secondary N) is 2. The van der Waals surface area contributed by atoms with Crippen molar-refractivity contribution in [3.8, 4) is 0 Å². The first kappa shape index (κ1) is 18.0. The van der Waals surface area contributed by atoms with Crippen LogP contribution >= 0.6 is 12.4 Å². The number of carbonyl (C=O) groups excluding carboxylic acids is 1. The number of benzene rings is 1. The van der Waals surface area contributed by atoms with Crippen molar-refractivity contribution >= 4 is 18.3 Å². The number of hydrogen-bond acceptors (Lipinski definition) is 2. The van der Waals surface area contributed by atoms with Crippen LogP contribution in [0.1, 0.15) is 44.6 Å². The Kier molecular flexibility index (Phi) is 7.76. The van der Waals surface area contributed by atoms with Gasteiger partial charge in [0.2, 0.25) is 5.91 Å². The van der Waals surface area contributed by atoms with Gasteiger partial charge in [-0.15, -0.1) is 12.4 Å². The molecule has 0 aromatic heterocycles. The van der Waals surface area contributed by atoms with Gasteiger partial charge in [0.15, 0.2) is 0 Å². The summed E-state index contributed by atoms with van der Waals surface area (Å²) in [5.41, 5.74) is 1.27. The summed E-state index contributed by atoms with van der Waals surface area (Å²) in [6.07, 6.45) is 2.68. The van der Waals surface area contributed by atoms with Gasteiger partial charge in [-0.1, -0.05) is 44.2 Å². The average Bonchev–Trinajstić information content (AvgIpc) is 2.46. The van der Waals surface area contributed by atoms with Crippen LogP contribution in [0.3, 0.4) is 0 Å². The van der Waals surface area contributed by atoms with Crippen LogP contribution in [0.2, 0.25) is 0 Å². The Bertz CT molecular complexity index is 416. The molecule has 1 aliphatic heterocycles. The molecule has 1 saturated heterocycles. The largest absolute Gasteiger partial charge is 0.353 e. The van der Waals surface area contributed by atoms with E-state index in [-0.39, 0.29) is 18.3 Å². The molecule has 2 rings (SSSR count). The van der Waals surface area contributed by atoms with Crippen LogP contribution in [0.5, 0.6) is 0 Å². The van der Waals surface area contributed by atoms with Crippen LogP contribution in [0.25, 0.3) is 0 Å². The first-order valence-electron chi connectivity index (χ1n) is 7.72. The van der Waals surface area contributed by atoms with Gasteiger partial charge in [0.25, 0.3) is 0 Å². The molecule has 21 heavy (non-hydrogen) atoms. The first-order chi connectivity index (χ1) is 9.66. The highest BCUT2D eigenvalue weighted by Crippen LogP contribution is 2.27. The summed E-state index contributed by atoms with van der Waals surface area (Å²) in [6.45, 7) is 6.40. The average molecular weight is 311 g/mol. The number of piperidine rings is 1. The van der Waals surface area contributed by atoms with Crippen molar-refractivity contribution in [2.24, 2.45) is 5.92 Å². The van der Waals surface area contributed by atoms with Gasteiger partial charge in [0.1, 0.15) is 0 Å². The lowest BCUT2D eigenvalue weighted by atomic mass is 9.85. The predicted molar refractivity (Wildman–Crippen MR) is 89.9 cm³/mol. The first-order valence-corrected chi connectivity index (χ1v) is 7.72. The van der Waals surface area contributed by atoms with E-state index >= 15 is 0 Å². The van der Waals surface area contributed by atoms with E-state index in [1.807, 2.05) is 6.07 Å². The summed E-state index contributed by atoms with van der Waals surface area (Å²) in [4.78, 5) is 12.3. The molecule has 2 N–H and O–H groups in total. The molecule has 1 aromatic rings. The second-order valence-corrected chi connectivity index (χ2v) is 6.06. The molecule has 1 aromatic carbocycles. The maximum Gasteiger partial charge on any atom is 0.220 e. The van der Waals surface area contributed by atoms with Crippen LogP contribution in [-0.2, 0) is 4.79 Å². The Hall–Kier alpha value is -1.06. The Morgan fingerprint density at radius 1 is 1.24 bits per heavy atom. The fourth-order valence-electron chi connectivity index (χ4n) is 2.89. The van der Waals surface area contributed by atoms with Crippen molar-refractivity contribution in [2.75, 3.05) is 13.1 Å². The number of halogens is 1. The molecular weight excluding hydrogens is 284 g/mol. The minimum absolute atomic E-state index is 0. The van der Waals surface area contributed by atoms with Gasteiger partial charge in [-0.25, -0.2) is 0 Å². The number of hydrogen-bond donors (Lipinski definition) is 2. The van der Waals surface area contributed by atoms with Gasteiger partial charge in [-0.3, -0.25) is 4.79 Å². The van der Waals surface area contributed by atoms with Crippen molar-refractivity contribution in [1.29, 1.82) is 0 Å². The molecule has 1 unspecified atom stereocenters. The van der Waals surface area contributed by atoms with E-state index in [4.69, 9.17) is 0 Å². The fourth-order valence-corrected chi connectivity index (χ4v) is 2.89. The summed E-state index contributed by atoms with van der Waals surface area (Å²) in [5, 5.41) is 6.52. The Labute approximate surface area is 134 Å². The Morgan fingerprint density at radius 2 is 1.86 bits per heavy atom. The molecule has 1 fully saturated rings. The fraction of sp³-hybridized carbons (Fsp3) is 0.588. The normalized spacial score (nSPS) is 17.1. The molecule has 1 atom stereocenters. The molecule has 118 valence electrons. The van der Waals surface area contributed by atoms with Crippen molar-refractivity contribution in [2.45, 2.75) is 45.1 Å². The summed E-state index contributed by atoms with van der Waals surface area (Å²) < 4.78 is 0. The molecule has 0 aliphatic carbocycles. The molecule has 0 spiro atoms. The summed E-state index contributed by atoms with van der Waals surface area (Å²) in [6, 6.07) is 10.7. The summed E-state index contributed by atoms with van der Waals surface area (Å²) >= 11 is 0. The zero-order valence-electron chi connectivity index (χ0n) is 13.0. The highest BCUT2D eigenvalue weighted by Gasteiger charge is 2.21. The molecule has 0 saturated carbocycles. The van der Waals surface area contributed by atoms with Crippen molar-refractivity contribution in [1.82, 2.24) is 10.6 Å². The van der Waals surface area contributed by atoms with Crippen LogP contribution in [-0.4, -0.2) is 25.0 Å². The van der Waals surface area contributed by atoms with Crippen molar-refractivity contribution < 1.29 is 4.79 Å². The third-order valence-corrected chi connectivity index (χ3v) is 4.14. The van der Waals surface area contributed by atoms with Gasteiger partial charge in [0, 0.05) is 12.5 Å². The standard InChI is InChI=1S/C17H26N2O.ClH/c1-13(2)16(14-6-4-3-5-7-14)12-17(20)19-15-8-10-18-11-9-15;/h3-7,13,15-16,18H,8-12H2,1-2H3,(H,19,20);1H. The lowest BCUT2D eigenvalue weighted by Crippen LogP contribution is -2.43. The molecule has 0 radical (unpaired) electrons. The highest BCUT2D eigenvalue weighted by atomic mass is 35.5. The lowest BCUT2D eigenvalue weighted by molar-refractivity contribution is -0.122. The zero-order valence-corrected chi connectivity index (χ0v) is 13.8. The molecule has 3 nitrogen and oxygen atoms in total. The van der Waals surface area contributed by atoms with E-state index in [0.717, 1.165) is 25.9 Å². The van der Waals surface area contributed by atoms with E-state index in [0.29, 0.717) is 24.3 Å². The molecule has 1 amide bonds. The summed E-state index contributed by atoms with van der Waals surface area (Å²) in [7, 11) is 0. The van der Waals surface area contributed by atoms with Crippen molar-refractivity contribution in [3.05, 3.63) is 35.9 Å². The topological polar surface area (TPSA) is 41.1 Å². The van der Waals surface area contributed by atoms with Gasteiger partial charge < -0.3 is 10.6 Å². The third-order valence-electron chi connectivity index (χ3n) is 4.14. The number of carbonyl (C=O) groups is 1. The molecule has 4 heteroatoms. The third kappa shape index (κ3) is 5.68. The number of rotatable bonds is 5. The van der Waals surface area contributed by atoms with Crippen LogP contribution in [0, 0.1) is 5.92 Å². The van der Waals surface area contributed by atoms with Gasteiger partial charge in [0.05, 0.1) is 0 Å². The molecule has 1 heterocycles. The second kappa shape index (κ2) is 9.06. The van der Waals surface area contributed by atoms with E-state index in [1.165, 1.54) is 5.56 Å². The maximum atomic E-state index is 12.3. The van der Waals surface area contributed by atoms with E-state index in [9.17, 15) is 4.79 Å². The minimum Gasteiger partial charge on any atom is -0.353 e. The monoisotopic (exact) mass is 310 g/mol. The van der Waals surface area contributed by atoms with E-state index < -0.39 is 0 Å². The Morgan fingerprint density at radius 3 is 2.43 bits per heavy atom. The van der Waals surface area contributed by atoms with Gasteiger partial charge in [-0.2, -0.15) is 0 Å². The van der Waals surface area contributed by atoms with Crippen molar-refractivity contribution in [3.63, 3.8) is 0 Å². The molecule has 0 bridgehead atoms. The van der Waals surface area contributed by atoms with Crippen LogP contribution in [0.15, 0.2) is 30.3 Å².